The molecule has 2 aliphatic heterocycles. The van der Waals surface area contributed by atoms with Crippen LogP contribution in [0.5, 0.6) is 0 Å². The minimum Gasteiger partial charge on any atom is -0.375 e. The van der Waals surface area contributed by atoms with Crippen molar-refractivity contribution in [1.82, 2.24) is 15.2 Å². The molecule has 1 amide bonds. The van der Waals surface area contributed by atoms with Crippen LogP contribution in [-0.2, 0) is 4.74 Å². The molecule has 3 aliphatic rings. The number of amides is 1. The molecule has 1 aliphatic carbocycles. The Morgan fingerprint density at radius 3 is 2.31 bits per heavy atom. The molecule has 0 atom stereocenters. The van der Waals surface area contributed by atoms with Crippen molar-refractivity contribution in [3.8, 4) is 0 Å². The van der Waals surface area contributed by atoms with Gasteiger partial charge in [-0.1, -0.05) is 6.42 Å². The third-order valence-corrected chi connectivity index (χ3v) is 6.66. The van der Waals surface area contributed by atoms with Crippen molar-refractivity contribution < 1.29 is 9.53 Å². The summed E-state index contributed by atoms with van der Waals surface area (Å²) in [5.74, 6) is -0.103. The number of aromatic nitrogens is 1. The van der Waals surface area contributed by atoms with Crippen LogP contribution in [-0.4, -0.2) is 66.3 Å². The van der Waals surface area contributed by atoms with Crippen molar-refractivity contribution >= 4 is 11.6 Å². The summed E-state index contributed by atoms with van der Waals surface area (Å²) < 4.78 is 6.47. The lowest BCUT2D eigenvalue weighted by molar-refractivity contribution is -0.0598. The number of rotatable bonds is 6. The van der Waals surface area contributed by atoms with E-state index in [1.807, 2.05) is 26.0 Å². The lowest BCUT2D eigenvalue weighted by Gasteiger charge is -2.43. The maximum Gasteiger partial charge on any atom is 0.270 e. The van der Waals surface area contributed by atoms with Gasteiger partial charge in [-0.25, -0.2) is 0 Å². The normalized spacial score (nSPS) is 22.7. The second kappa shape index (κ2) is 9.43. The van der Waals surface area contributed by atoms with Gasteiger partial charge >= 0.3 is 0 Å². The van der Waals surface area contributed by atoms with E-state index < -0.39 is 0 Å². The quantitative estimate of drug-likeness (QED) is 0.795. The molecule has 160 valence electrons. The first-order chi connectivity index (χ1) is 14.1. The summed E-state index contributed by atoms with van der Waals surface area (Å²) in [6, 6.07) is 4.90. The van der Waals surface area contributed by atoms with Gasteiger partial charge in [0.1, 0.15) is 5.69 Å². The summed E-state index contributed by atoms with van der Waals surface area (Å²) in [5, 5.41) is 2.92. The zero-order valence-electron chi connectivity index (χ0n) is 18.0. The standard InChI is InChI=1S/C23H36N4O2/c1-17(2)25-23(28)22-16-19(6-11-24-22)27-14-9-21(10-15-27)29-20-7-12-26(13-8-20)18-4-3-5-18/h6,11,16-18,20-21H,3-5,7-10,12-15H2,1-2H3,(H,25,28). The molecular weight excluding hydrogens is 364 g/mol. The summed E-state index contributed by atoms with van der Waals surface area (Å²) in [4.78, 5) is 21.5. The smallest absolute Gasteiger partial charge is 0.270 e. The Bertz CT molecular complexity index is 675. The highest BCUT2D eigenvalue weighted by Crippen LogP contribution is 2.29. The molecule has 1 saturated carbocycles. The lowest BCUT2D eigenvalue weighted by atomic mass is 9.89. The van der Waals surface area contributed by atoms with Gasteiger partial charge in [-0.05, 0) is 64.5 Å². The van der Waals surface area contributed by atoms with Crippen LogP contribution in [0, 0.1) is 0 Å². The molecule has 3 heterocycles. The summed E-state index contributed by atoms with van der Waals surface area (Å²) >= 11 is 0. The largest absolute Gasteiger partial charge is 0.375 e. The van der Waals surface area contributed by atoms with Crippen LogP contribution in [0.15, 0.2) is 18.3 Å². The SMILES string of the molecule is CC(C)NC(=O)c1cc(N2CCC(OC3CCN(C4CCC4)CC3)CC2)ccn1. The van der Waals surface area contributed by atoms with E-state index in [0.29, 0.717) is 17.9 Å². The van der Waals surface area contributed by atoms with Crippen molar-refractivity contribution in [3.63, 3.8) is 0 Å². The Morgan fingerprint density at radius 2 is 1.72 bits per heavy atom. The monoisotopic (exact) mass is 400 g/mol. The molecule has 1 aromatic heterocycles. The van der Waals surface area contributed by atoms with Crippen molar-refractivity contribution in [2.24, 2.45) is 0 Å². The third kappa shape index (κ3) is 5.28. The van der Waals surface area contributed by atoms with E-state index in [1.54, 1.807) is 6.20 Å². The highest BCUT2D eigenvalue weighted by molar-refractivity contribution is 5.93. The van der Waals surface area contributed by atoms with Gasteiger partial charge in [0.2, 0.25) is 0 Å². The minimum atomic E-state index is -0.103. The molecule has 1 aromatic rings. The maximum absolute atomic E-state index is 12.2. The van der Waals surface area contributed by atoms with Crippen LogP contribution in [0.2, 0.25) is 0 Å². The van der Waals surface area contributed by atoms with E-state index in [4.69, 9.17) is 4.74 Å². The van der Waals surface area contributed by atoms with E-state index in [9.17, 15) is 4.79 Å². The van der Waals surface area contributed by atoms with Gasteiger partial charge in [-0.15, -0.1) is 0 Å². The maximum atomic E-state index is 12.2. The average molecular weight is 401 g/mol. The molecule has 4 rings (SSSR count). The van der Waals surface area contributed by atoms with Crippen molar-refractivity contribution in [2.45, 2.75) is 83.1 Å². The van der Waals surface area contributed by atoms with Crippen LogP contribution in [0.1, 0.15) is 69.3 Å². The zero-order chi connectivity index (χ0) is 20.2. The van der Waals surface area contributed by atoms with Gasteiger partial charge in [-0.2, -0.15) is 0 Å². The number of likely N-dealkylation sites (tertiary alicyclic amines) is 1. The molecule has 29 heavy (non-hydrogen) atoms. The summed E-state index contributed by atoms with van der Waals surface area (Å²) in [7, 11) is 0. The topological polar surface area (TPSA) is 57.7 Å². The highest BCUT2D eigenvalue weighted by Gasteiger charge is 2.30. The molecule has 0 spiro atoms. The summed E-state index contributed by atoms with van der Waals surface area (Å²) in [6.07, 6.45) is 11.3. The highest BCUT2D eigenvalue weighted by atomic mass is 16.5. The Kier molecular flexibility index (Phi) is 6.70. The fourth-order valence-corrected chi connectivity index (χ4v) is 4.73. The van der Waals surface area contributed by atoms with Crippen LogP contribution in [0.4, 0.5) is 5.69 Å². The fourth-order valence-electron chi connectivity index (χ4n) is 4.73. The minimum absolute atomic E-state index is 0.103. The Morgan fingerprint density at radius 1 is 1.07 bits per heavy atom. The molecule has 6 nitrogen and oxygen atoms in total. The molecule has 1 N–H and O–H groups in total. The fraction of sp³-hybridized carbons (Fsp3) is 0.739. The molecule has 0 radical (unpaired) electrons. The van der Waals surface area contributed by atoms with Crippen LogP contribution >= 0.6 is 0 Å². The molecule has 0 aromatic carbocycles. The van der Waals surface area contributed by atoms with Gasteiger partial charge in [0.15, 0.2) is 0 Å². The molecule has 0 unspecified atom stereocenters. The Hall–Kier alpha value is -1.66. The number of nitrogens with one attached hydrogen (secondary N) is 1. The molecule has 6 heteroatoms. The number of ether oxygens (including phenoxy) is 1. The average Bonchev–Trinajstić information content (AvgIpc) is 2.68. The van der Waals surface area contributed by atoms with Crippen molar-refractivity contribution in [2.75, 3.05) is 31.1 Å². The third-order valence-electron chi connectivity index (χ3n) is 6.66. The van der Waals surface area contributed by atoms with Gasteiger partial charge in [0.25, 0.3) is 5.91 Å². The number of pyridine rings is 1. The summed E-state index contributed by atoms with van der Waals surface area (Å²) in [6.45, 7) is 8.30. The molecule has 0 bridgehead atoms. The van der Waals surface area contributed by atoms with Crippen LogP contribution in [0.3, 0.4) is 0 Å². The first kappa shape index (κ1) is 20.6. The Balaban J connectivity index is 1.23. The first-order valence-electron chi connectivity index (χ1n) is 11.5. The van der Waals surface area contributed by atoms with E-state index in [1.165, 1.54) is 45.2 Å². The van der Waals surface area contributed by atoms with Crippen LogP contribution in [0.25, 0.3) is 0 Å². The van der Waals surface area contributed by atoms with Crippen molar-refractivity contribution in [3.05, 3.63) is 24.0 Å². The van der Waals surface area contributed by atoms with Gasteiger partial charge in [0, 0.05) is 50.1 Å². The van der Waals surface area contributed by atoms with Gasteiger partial charge < -0.3 is 19.9 Å². The predicted octanol–water partition coefficient (Wildman–Crippen LogP) is 3.22. The number of carbonyl (C=O) groups is 1. The van der Waals surface area contributed by atoms with E-state index in [0.717, 1.165) is 37.7 Å². The zero-order valence-corrected chi connectivity index (χ0v) is 18.0. The first-order valence-corrected chi connectivity index (χ1v) is 11.5. The number of carbonyl (C=O) groups excluding carboxylic acids is 1. The van der Waals surface area contributed by atoms with Gasteiger partial charge in [-0.3, -0.25) is 9.78 Å². The molecule has 2 saturated heterocycles. The van der Waals surface area contributed by atoms with E-state index in [2.05, 4.69) is 20.1 Å². The number of hydrogen-bond donors (Lipinski definition) is 1. The number of nitrogens with zero attached hydrogens (tertiary/aromatic N) is 3. The Labute approximate surface area is 175 Å². The second-order valence-corrected chi connectivity index (χ2v) is 9.17. The number of anilines is 1. The van der Waals surface area contributed by atoms with E-state index >= 15 is 0 Å². The van der Waals surface area contributed by atoms with Crippen molar-refractivity contribution in [1.29, 1.82) is 0 Å². The number of piperidine rings is 2. The van der Waals surface area contributed by atoms with Crippen LogP contribution < -0.4 is 10.2 Å². The van der Waals surface area contributed by atoms with Gasteiger partial charge in [0.05, 0.1) is 12.2 Å². The summed E-state index contributed by atoms with van der Waals surface area (Å²) in [5.41, 5.74) is 1.58. The lowest BCUT2D eigenvalue weighted by Crippen LogP contribution is -2.47. The molecule has 3 fully saturated rings. The predicted molar refractivity (Wildman–Crippen MR) is 115 cm³/mol. The molecular formula is C23H36N4O2. The van der Waals surface area contributed by atoms with E-state index in [-0.39, 0.29) is 11.9 Å². The number of hydrogen-bond acceptors (Lipinski definition) is 5. The second-order valence-electron chi connectivity index (χ2n) is 9.17.